The molecule has 1 atom stereocenters. The molecule has 0 aliphatic carbocycles. The zero-order valence-electron chi connectivity index (χ0n) is 12.4. The standard InChI is InChI=1S/C16H15N3O3S/c1-10-13-5-3-2-4-11(13)9-19(10)23(21,22)12-6-7-14-15(8-12)18-16(20)17-14/h2-8,10H,9H2,1H3,(H2,17,18,20). The van der Waals surface area contributed by atoms with Gasteiger partial charge in [0.15, 0.2) is 0 Å². The lowest BCUT2D eigenvalue weighted by Crippen LogP contribution is -2.28. The van der Waals surface area contributed by atoms with E-state index in [1.165, 1.54) is 16.4 Å². The molecule has 0 fully saturated rings. The van der Waals surface area contributed by atoms with Crippen LogP contribution >= 0.6 is 0 Å². The summed E-state index contributed by atoms with van der Waals surface area (Å²) in [5.74, 6) is 0. The first-order chi connectivity index (χ1) is 11.0. The second-order valence-electron chi connectivity index (χ2n) is 5.71. The lowest BCUT2D eigenvalue weighted by Gasteiger charge is -2.21. The number of fused-ring (bicyclic) bond motifs is 2. The van der Waals surface area contributed by atoms with Crippen LogP contribution in [0.2, 0.25) is 0 Å². The van der Waals surface area contributed by atoms with Crippen molar-refractivity contribution in [3.8, 4) is 0 Å². The van der Waals surface area contributed by atoms with Crippen LogP contribution in [0.25, 0.3) is 11.0 Å². The van der Waals surface area contributed by atoms with Crippen molar-refractivity contribution in [2.45, 2.75) is 24.4 Å². The molecule has 1 aliphatic heterocycles. The minimum atomic E-state index is -3.64. The number of aromatic amines is 2. The number of imidazole rings is 1. The van der Waals surface area contributed by atoms with Crippen LogP contribution < -0.4 is 5.69 Å². The number of aromatic nitrogens is 2. The summed E-state index contributed by atoms with van der Waals surface area (Å²) in [7, 11) is -3.64. The Morgan fingerprint density at radius 3 is 2.61 bits per heavy atom. The van der Waals surface area contributed by atoms with E-state index in [9.17, 15) is 13.2 Å². The van der Waals surface area contributed by atoms with Gasteiger partial charge in [0.1, 0.15) is 0 Å². The smallest absolute Gasteiger partial charge is 0.306 e. The van der Waals surface area contributed by atoms with Gasteiger partial charge in [-0.15, -0.1) is 0 Å². The molecule has 0 spiro atoms. The van der Waals surface area contributed by atoms with E-state index in [0.717, 1.165) is 11.1 Å². The van der Waals surface area contributed by atoms with Gasteiger partial charge >= 0.3 is 5.69 Å². The molecule has 1 aliphatic rings. The second-order valence-corrected chi connectivity index (χ2v) is 7.60. The molecule has 0 amide bonds. The molecular formula is C16H15N3O3S. The Kier molecular flexibility index (Phi) is 2.97. The predicted octanol–water partition coefficient (Wildman–Crippen LogP) is 2.12. The molecule has 1 unspecified atom stereocenters. The van der Waals surface area contributed by atoms with Gasteiger partial charge in [0.2, 0.25) is 10.0 Å². The third-order valence-electron chi connectivity index (χ3n) is 4.36. The molecule has 0 saturated heterocycles. The Hall–Kier alpha value is -2.38. The van der Waals surface area contributed by atoms with Crippen molar-refractivity contribution in [1.82, 2.24) is 14.3 Å². The molecule has 23 heavy (non-hydrogen) atoms. The summed E-state index contributed by atoms with van der Waals surface area (Å²) in [6.07, 6.45) is 0. The van der Waals surface area contributed by atoms with Crippen LogP contribution in [0.3, 0.4) is 0 Å². The zero-order valence-corrected chi connectivity index (χ0v) is 13.2. The molecule has 2 N–H and O–H groups in total. The van der Waals surface area contributed by atoms with Gasteiger partial charge in [-0.05, 0) is 36.2 Å². The first-order valence-corrected chi connectivity index (χ1v) is 8.72. The van der Waals surface area contributed by atoms with E-state index in [0.29, 0.717) is 17.6 Å². The molecule has 4 rings (SSSR count). The maximum absolute atomic E-state index is 13.0. The Labute approximate surface area is 132 Å². The van der Waals surface area contributed by atoms with Gasteiger partial charge in [-0.2, -0.15) is 4.31 Å². The number of hydrogen-bond acceptors (Lipinski definition) is 3. The molecule has 7 heteroatoms. The number of sulfonamides is 1. The summed E-state index contributed by atoms with van der Waals surface area (Å²) < 4.78 is 27.5. The van der Waals surface area contributed by atoms with Gasteiger partial charge in [-0.3, -0.25) is 0 Å². The van der Waals surface area contributed by atoms with Crippen LogP contribution in [0.4, 0.5) is 0 Å². The van der Waals surface area contributed by atoms with Crippen molar-refractivity contribution < 1.29 is 8.42 Å². The highest BCUT2D eigenvalue weighted by molar-refractivity contribution is 7.89. The van der Waals surface area contributed by atoms with E-state index in [-0.39, 0.29) is 16.6 Å². The molecule has 118 valence electrons. The lowest BCUT2D eigenvalue weighted by molar-refractivity contribution is 0.370. The summed E-state index contributed by atoms with van der Waals surface area (Å²) in [4.78, 5) is 16.7. The van der Waals surface area contributed by atoms with Gasteiger partial charge in [-0.25, -0.2) is 13.2 Å². The highest BCUT2D eigenvalue weighted by Gasteiger charge is 2.36. The van der Waals surface area contributed by atoms with Gasteiger partial charge in [0.05, 0.1) is 15.9 Å². The molecular weight excluding hydrogens is 314 g/mol. The molecule has 2 aromatic carbocycles. The monoisotopic (exact) mass is 329 g/mol. The summed E-state index contributed by atoms with van der Waals surface area (Å²) in [6.45, 7) is 2.25. The van der Waals surface area contributed by atoms with Crippen molar-refractivity contribution in [1.29, 1.82) is 0 Å². The fraction of sp³-hybridized carbons (Fsp3) is 0.188. The van der Waals surface area contributed by atoms with Crippen LogP contribution in [0.15, 0.2) is 52.2 Å². The fourth-order valence-electron chi connectivity index (χ4n) is 3.15. The molecule has 2 heterocycles. The van der Waals surface area contributed by atoms with Crippen molar-refractivity contribution in [2.24, 2.45) is 0 Å². The van der Waals surface area contributed by atoms with Gasteiger partial charge in [-0.1, -0.05) is 24.3 Å². The third-order valence-corrected chi connectivity index (χ3v) is 6.27. The molecule has 3 aromatic rings. The van der Waals surface area contributed by atoms with Crippen LogP contribution in [-0.4, -0.2) is 22.7 Å². The Morgan fingerprint density at radius 1 is 1.09 bits per heavy atom. The highest BCUT2D eigenvalue weighted by atomic mass is 32.2. The van der Waals surface area contributed by atoms with Crippen molar-refractivity contribution in [3.05, 3.63) is 64.1 Å². The van der Waals surface area contributed by atoms with Crippen LogP contribution in [0, 0.1) is 0 Å². The van der Waals surface area contributed by atoms with Crippen molar-refractivity contribution >= 4 is 21.1 Å². The van der Waals surface area contributed by atoms with Crippen LogP contribution in [0.1, 0.15) is 24.1 Å². The quantitative estimate of drug-likeness (QED) is 0.755. The summed E-state index contributed by atoms with van der Waals surface area (Å²) >= 11 is 0. The maximum atomic E-state index is 13.0. The molecule has 6 nitrogen and oxygen atoms in total. The summed E-state index contributed by atoms with van der Waals surface area (Å²) in [6, 6.07) is 12.2. The van der Waals surface area contributed by atoms with Gasteiger partial charge < -0.3 is 9.97 Å². The van der Waals surface area contributed by atoms with E-state index >= 15 is 0 Å². The van der Waals surface area contributed by atoms with E-state index in [1.54, 1.807) is 6.07 Å². The first kappa shape index (κ1) is 14.2. The van der Waals surface area contributed by atoms with Crippen molar-refractivity contribution in [3.63, 3.8) is 0 Å². The van der Waals surface area contributed by atoms with Crippen molar-refractivity contribution in [2.75, 3.05) is 0 Å². The first-order valence-electron chi connectivity index (χ1n) is 7.28. The Bertz CT molecular complexity index is 1070. The lowest BCUT2D eigenvalue weighted by atomic mass is 10.1. The van der Waals surface area contributed by atoms with Crippen LogP contribution in [-0.2, 0) is 16.6 Å². The van der Waals surface area contributed by atoms with Crippen LogP contribution in [0.5, 0.6) is 0 Å². The van der Waals surface area contributed by atoms with E-state index in [4.69, 9.17) is 0 Å². The van der Waals surface area contributed by atoms with E-state index in [2.05, 4.69) is 9.97 Å². The Balaban J connectivity index is 1.79. The summed E-state index contributed by atoms with van der Waals surface area (Å²) in [5.41, 5.74) is 2.79. The summed E-state index contributed by atoms with van der Waals surface area (Å²) in [5, 5.41) is 0. The largest absolute Gasteiger partial charge is 0.323 e. The maximum Gasteiger partial charge on any atom is 0.323 e. The molecule has 1 aromatic heterocycles. The highest BCUT2D eigenvalue weighted by Crippen LogP contribution is 2.37. The predicted molar refractivity (Wildman–Crippen MR) is 86.5 cm³/mol. The zero-order chi connectivity index (χ0) is 16.2. The van der Waals surface area contributed by atoms with Gasteiger partial charge in [0, 0.05) is 12.6 Å². The number of rotatable bonds is 2. The Morgan fingerprint density at radius 2 is 1.83 bits per heavy atom. The molecule has 0 radical (unpaired) electrons. The van der Waals surface area contributed by atoms with E-state index < -0.39 is 10.0 Å². The second kappa shape index (κ2) is 4.81. The number of hydrogen-bond donors (Lipinski definition) is 2. The average molecular weight is 329 g/mol. The third kappa shape index (κ3) is 2.12. The SMILES string of the molecule is CC1c2ccccc2CN1S(=O)(=O)c1ccc2[nH]c(=O)[nH]c2c1. The molecule has 0 bridgehead atoms. The number of nitrogens with one attached hydrogen (secondary N) is 2. The fourth-order valence-corrected chi connectivity index (χ4v) is 4.76. The minimum absolute atomic E-state index is 0.180. The number of nitrogens with zero attached hydrogens (tertiary/aromatic N) is 1. The average Bonchev–Trinajstić information content (AvgIpc) is 3.06. The number of H-pyrrole nitrogens is 2. The van der Waals surface area contributed by atoms with E-state index in [1.807, 2.05) is 31.2 Å². The number of benzene rings is 2. The normalized spacial score (nSPS) is 18.4. The topological polar surface area (TPSA) is 86.0 Å². The minimum Gasteiger partial charge on any atom is -0.306 e. The van der Waals surface area contributed by atoms with Gasteiger partial charge in [0.25, 0.3) is 0 Å². The molecule has 0 saturated carbocycles.